The Bertz CT molecular complexity index is 625. The lowest BCUT2D eigenvalue weighted by Crippen LogP contribution is -2.37. The largest absolute Gasteiger partial charge is 0.512 e. The zero-order chi connectivity index (χ0) is 12.9. The molecule has 4 nitrogen and oxygen atoms in total. The molecule has 2 aliphatic rings. The van der Waals surface area contributed by atoms with Crippen molar-refractivity contribution in [3.05, 3.63) is 53.3 Å². The highest BCUT2D eigenvalue weighted by molar-refractivity contribution is 6.18. The molecule has 18 heavy (non-hydrogen) atoms. The summed E-state index contributed by atoms with van der Waals surface area (Å²) in [7, 11) is 0. The molecule has 0 fully saturated rings. The van der Waals surface area contributed by atoms with Crippen LogP contribution in [0.1, 0.15) is 20.7 Å². The van der Waals surface area contributed by atoms with Crippen molar-refractivity contribution in [2.24, 2.45) is 11.8 Å². The molecule has 0 aliphatic heterocycles. The minimum atomic E-state index is -0.900. The second-order valence-corrected chi connectivity index (χ2v) is 4.41. The Morgan fingerprint density at radius 3 is 2.61 bits per heavy atom. The van der Waals surface area contributed by atoms with Crippen LogP contribution in [0.5, 0.6) is 5.75 Å². The minimum absolute atomic E-state index is 0.0130. The van der Waals surface area contributed by atoms with Crippen LogP contribution in [0.25, 0.3) is 0 Å². The number of aromatic hydroxyl groups is 1. The van der Waals surface area contributed by atoms with E-state index >= 15 is 0 Å². The Labute approximate surface area is 103 Å². The van der Waals surface area contributed by atoms with Crippen molar-refractivity contribution in [1.82, 2.24) is 0 Å². The summed E-state index contributed by atoms with van der Waals surface area (Å²) >= 11 is 0. The molecular weight excluding hydrogens is 232 g/mol. The molecule has 2 atom stereocenters. The summed E-state index contributed by atoms with van der Waals surface area (Å²) in [5.41, 5.74) is 0.236. The number of benzene rings is 1. The van der Waals surface area contributed by atoms with Crippen LogP contribution in [-0.2, 0) is 0 Å². The Kier molecular flexibility index (Phi) is 2.13. The fourth-order valence-electron chi connectivity index (χ4n) is 2.55. The average Bonchev–Trinajstić information content (AvgIpc) is 2.35. The van der Waals surface area contributed by atoms with Crippen LogP contribution in [0.2, 0.25) is 0 Å². The highest BCUT2D eigenvalue weighted by Crippen LogP contribution is 2.39. The van der Waals surface area contributed by atoms with Gasteiger partial charge in [-0.2, -0.15) is 0 Å². The smallest absolute Gasteiger partial charge is 0.178 e. The number of hydrogen-bond donors (Lipinski definition) is 2. The zero-order valence-electron chi connectivity index (χ0n) is 9.33. The van der Waals surface area contributed by atoms with E-state index in [1.165, 1.54) is 24.3 Å². The van der Waals surface area contributed by atoms with E-state index in [0.717, 1.165) is 0 Å². The highest BCUT2D eigenvalue weighted by Gasteiger charge is 2.44. The lowest BCUT2D eigenvalue weighted by molar-refractivity contribution is 0.0756. The Balaban J connectivity index is 2.26. The number of carbonyl (C=O) groups excluding carboxylic acids is 2. The topological polar surface area (TPSA) is 74.6 Å². The van der Waals surface area contributed by atoms with Crippen LogP contribution in [0.15, 0.2) is 42.2 Å². The minimum Gasteiger partial charge on any atom is -0.512 e. The lowest BCUT2D eigenvalue weighted by Gasteiger charge is -2.30. The molecule has 3 rings (SSSR count). The first kappa shape index (κ1) is 10.8. The molecule has 4 heteroatoms. The average molecular weight is 242 g/mol. The summed E-state index contributed by atoms with van der Waals surface area (Å²) in [6, 6.07) is 4.42. The van der Waals surface area contributed by atoms with E-state index in [4.69, 9.17) is 0 Å². The third-order valence-electron chi connectivity index (χ3n) is 3.40. The summed E-state index contributed by atoms with van der Waals surface area (Å²) in [5.74, 6) is -2.58. The number of hydrogen-bond acceptors (Lipinski definition) is 4. The lowest BCUT2D eigenvalue weighted by atomic mass is 9.71. The molecule has 2 aliphatic carbocycles. The van der Waals surface area contributed by atoms with E-state index in [1.54, 1.807) is 12.2 Å². The van der Waals surface area contributed by atoms with Gasteiger partial charge in [0.15, 0.2) is 11.6 Å². The van der Waals surface area contributed by atoms with Gasteiger partial charge in [0, 0.05) is 5.56 Å². The summed E-state index contributed by atoms with van der Waals surface area (Å²) in [4.78, 5) is 24.5. The monoisotopic (exact) mass is 242 g/mol. The standard InChI is InChI=1S/C14H10O4/c15-9-5-1-3-7-11(9)14(18)12-8(13(7)17)4-2-6-10(12)16/h1-7,11,15-16H. The maximum Gasteiger partial charge on any atom is 0.178 e. The van der Waals surface area contributed by atoms with E-state index in [2.05, 4.69) is 0 Å². The van der Waals surface area contributed by atoms with Crippen LogP contribution in [-0.4, -0.2) is 21.8 Å². The van der Waals surface area contributed by atoms with Crippen molar-refractivity contribution in [1.29, 1.82) is 0 Å². The first-order valence-corrected chi connectivity index (χ1v) is 5.59. The second-order valence-electron chi connectivity index (χ2n) is 4.41. The summed E-state index contributed by atoms with van der Waals surface area (Å²) in [5, 5.41) is 19.5. The van der Waals surface area contributed by atoms with Crippen LogP contribution >= 0.6 is 0 Å². The molecule has 0 radical (unpaired) electrons. The number of fused-ring (bicyclic) bond motifs is 2. The van der Waals surface area contributed by atoms with E-state index in [1.807, 2.05) is 0 Å². The first-order chi connectivity index (χ1) is 8.61. The molecular formula is C14H10O4. The molecule has 1 aromatic carbocycles. The van der Waals surface area contributed by atoms with Gasteiger partial charge in [-0.3, -0.25) is 9.59 Å². The van der Waals surface area contributed by atoms with Gasteiger partial charge in [0.05, 0.1) is 17.4 Å². The predicted molar refractivity (Wildman–Crippen MR) is 63.6 cm³/mol. The van der Waals surface area contributed by atoms with E-state index in [-0.39, 0.29) is 28.4 Å². The van der Waals surface area contributed by atoms with Gasteiger partial charge in [-0.05, 0) is 12.1 Å². The SMILES string of the molecule is O=C1c2cccc(O)c2C(=O)C2C(O)=CC=CC12. The van der Waals surface area contributed by atoms with E-state index in [0.29, 0.717) is 0 Å². The van der Waals surface area contributed by atoms with Crippen molar-refractivity contribution in [2.45, 2.75) is 0 Å². The number of phenols is 1. The van der Waals surface area contributed by atoms with Crippen molar-refractivity contribution < 1.29 is 19.8 Å². The van der Waals surface area contributed by atoms with Gasteiger partial charge < -0.3 is 10.2 Å². The van der Waals surface area contributed by atoms with Crippen LogP contribution < -0.4 is 0 Å². The van der Waals surface area contributed by atoms with Gasteiger partial charge in [-0.25, -0.2) is 0 Å². The van der Waals surface area contributed by atoms with E-state index in [9.17, 15) is 19.8 Å². The number of aliphatic hydroxyl groups excluding tert-OH is 1. The maximum absolute atomic E-state index is 12.3. The number of aliphatic hydroxyl groups is 1. The number of allylic oxidation sites excluding steroid dienone is 4. The Morgan fingerprint density at radius 2 is 1.83 bits per heavy atom. The molecule has 2 N–H and O–H groups in total. The quantitative estimate of drug-likeness (QED) is 0.729. The van der Waals surface area contributed by atoms with Gasteiger partial charge in [0.1, 0.15) is 11.5 Å². The fraction of sp³-hybridized carbons (Fsp3) is 0.143. The van der Waals surface area contributed by atoms with Gasteiger partial charge in [-0.1, -0.05) is 24.3 Å². The predicted octanol–water partition coefficient (Wildman–Crippen LogP) is 2.02. The fourth-order valence-corrected chi connectivity index (χ4v) is 2.55. The molecule has 0 aromatic heterocycles. The molecule has 0 amide bonds. The van der Waals surface area contributed by atoms with Crippen LogP contribution in [0.3, 0.4) is 0 Å². The van der Waals surface area contributed by atoms with Gasteiger partial charge >= 0.3 is 0 Å². The summed E-state index contributed by atoms with van der Waals surface area (Å²) < 4.78 is 0. The Hall–Kier alpha value is -2.36. The second kappa shape index (κ2) is 3.57. The highest BCUT2D eigenvalue weighted by atomic mass is 16.3. The molecule has 0 spiro atoms. The molecule has 0 bridgehead atoms. The third kappa shape index (κ3) is 1.26. The van der Waals surface area contributed by atoms with Crippen LogP contribution in [0.4, 0.5) is 0 Å². The Morgan fingerprint density at radius 1 is 1.06 bits per heavy atom. The van der Waals surface area contributed by atoms with Crippen molar-refractivity contribution in [3.8, 4) is 5.75 Å². The van der Waals surface area contributed by atoms with Crippen molar-refractivity contribution in [3.63, 3.8) is 0 Å². The zero-order valence-corrected chi connectivity index (χ0v) is 9.33. The number of Topliss-reactive ketones (excluding diaryl/α,β-unsaturated/α-hetero) is 2. The number of phenolic OH excluding ortho intramolecular Hbond substituents is 1. The molecule has 0 saturated carbocycles. The molecule has 1 aromatic rings. The number of rotatable bonds is 0. The molecule has 2 unspecified atom stereocenters. The normalized spacial score (nSPS) is 25.4. The van der Waals surface area contributed by atoms with Crippen molar-refractivity contribution in [2.75, 3.05) is 0 Å². The number of ketones is 2. The van der Waals surface area contributed by atoms with Gasteiger partial charge in [0.2, 0.25) is 0 Å². The molecule has 0 saturated heterocycles. The molecule has 90 valence electrons. The maximum atomic E-state index is 12.3. The van der Waals surface area contributed by atoms with Gasteiger partial charge in [-0.15, -0.1) is 0 Å². The third-order valence-corrected chi connectivity index (χ3v) is 3.40. The first-order valence-electron chi connectivity index (χ1n) is 5.59. The summed E-state index contributed by atoms with van der Waals surface area (Å²) in [6.07, 6.45) is 4.57. The van der Waals surface area contributed by atoms with Crippen LogP contribution in [0, 0.1) is 11.8 Å². The molecule has 0 heterocycles. The van der Waals surface area contributed by atoms with Gasteiger partial charge in [0.25, 0.3) is 0 Å². The van der Waals surface area contributed by atoms with Crippen molar-refractivity contribution >= 4 is 11.6 Å². The summed E-state index contributed by atoms with van der Waals surface area (Å²) in [6.45, 7) is 0. The van der Waals surface area contributed by atoms with E-state index < -0.39 is 17.6 Å². The number of carbonyl (C=O) groups is 2.